The summed E-state index contributed by atoms with van der Waals surface area (Å²) in [5.41, 5.74) is 6.53. The molecule has 0 fully saturated rings. The van der Waals surface area contributed by atoms with Gasteiger partial charge in [0.05, 0.1) is 5.52 Å². The molecule has 2 aromatic heterocycles. The number of imidazole rings is 1. The van der Waals surface area contributed by atoms with Crippen molar-refractivity contribution in [2.45, 2.75) is 34.6 Å². The number of carbonyl (C=O) groups excluding carboxylic acids is 2. The van der Waals surface area contributed by atoms with E-state index in [0.29, 0.717) is 11.1 Å². The lowest BCUT2D eigenvalue weighted by atomic mass is 9.95. The first-order valence-corrected chi connectivity index (χ1v) is 11.2. The lowest BCUT2D eigenvalue weighted by Crippen LogP contribution is -2.42. The molecule has 1 aliphatic rings. The summed E-state index contributed by atoms with van der Waals surface area (Å²) < 4.78 is 2.08. The predicted molar refractivity (Wildman–Crippen MR) is 127 cm³/mol. The van der Waals surface area contributed by atoms with Gasteiger partial charge in [0.2, 0.25) is 0 Å². The van der Waals surface area contributed by atoms with Crippen LogP contribution in [0.15, 0.2) is 34.9 Å². The quantitative estimate of drug-likeness (QED) is 0.428. The number of fused-ring (bicyclic) bond motifs is 1. The number of benzene rings is 1. The van der Waals surface area contributed by atoms with E-state index in [1.165, 1.54) is 28.0 Å². The first-order chi connectivity index (χ1) is 15.2. The molecule has 0 saturated carbocycles. The lowest BCUT2D eigenvalue weighted by molar-refractivity contribution is -0.140. The van der Waals surface area contributed by atoms with Crippen molar-refractivity contribution in [3.8, 4) is 17.5 Å². The highest BCUT2D eigenvalue weighted by Crippen LogP contribution is 2.35. The number of likely N-dealkylation sites (N-methyl/N-ethyl adjacent to an activating group) is 1. The second-order valence-corrected chi connectivity index (χ2v) is 9.19. The Balaban J connectivity index is 1.82. The monoisotopic (exact) mass is 444 g/mol. The number of imide groups is 1. The fraction of sp³-hybridized carbons (Fsp3) is 0.280. The molecule has 0 N–H and O–H groups in total. The van der Waals surface area contributed by atoms with Gasteiger partial charge in [0.1, 0.15) is 22.3 Å². The summed E-state index contributed by atoms with van der Waals surface area (Å²) in [4.78, 5) is 33.0. The Kier molecular flexibility index (Phi) is 5.35. The molecular formula is C25H24N4O2S. The van der Waals surface area contributed by atoms with E-state index in [4.69, 9.17) is 4.98 Å². The zero-order valence-electron chi connectivity index (χ0n) is 19.0. The highest BCUT2D eigenvalue weighted by Gasteiger charge is 2.34. The highest BCUT2D eigenvalue weighted by atomic mass is 32.1. The van der Waals surface area contributed by atoms with Crippen molar-refractivity contribution in [2.24, 2.45) is 7.05 Å². The second-order valence-electron chi connectivity index (χ2n) is 8.13. The maximum Gasteiger partial charge on any atom is 0.271 e. The average Bonchev–Trinajstić information content (AvgIpc) is 3.24. The molecule has 162 valence electrons. The van der Waals surface area contributed by atoms with E-state index < -0.39 is 5.91 Å². The number of nitrogens with zero attached hydrogens (tertiary/aromatic N) is 4. The van der Waals surface area contributed by atoms with Gasteiger partial charge >= 0.3 is 0 Å². The molecule has 7 heteroatoms. The molecular weight excluding hydrogens is 420 g/mol. The summed E-state index contributed by atoms with van der Waals surface area (Å²) >= 11 is 1.49. The number of nitriles is 1. The van der Waals surface area contributed by atoms with E-state index >= 15 is 0 Å². The fourth-order valence-electron chi connectivity index (χ4n) is 4.38. The molecule has 0 aliphatic carbocycles. The molecule has 6 nitrogen and oxygen atoms in total. The molecule has 0 unspecified atom stereocenters. The molecule has 0 spiro atoms. The number of hydrogen-bond donors (Lipinski definition) is 0. The zero-order chi connectivity index (χ0) is 23.3. The molecule has 1 aliphatic heterocycles. The first-order valence-electron chi connectivity index (χ1n) is 10.4. The van der Waals surface area contributed by atoms with Crippen LogP contribution in [0.2, 0.25) is 0 Å². The Morgan fingerprint density at radius 3 is 2.31 bits per heavy atom. The van der Waals surface area contributed by atoms with Crippen LogP contribution in [-0.4, -0.2) is 32.8 Å². The molecule has 1 aromatic carbocycles. The third-order valence-electron chi connectivity index (χ3n) is 5.93. The molecule has 2 amide bonds. The largest absolute Gasteiger partial charge is 0.326 e. The third-order valence-corrected chi connectivity index (χ3v) is 6.89. The second kappa shape index (κ2) is 7.88. The van der Waals surface area contributed by atoms with Gasteiger partial charge in [-0.15, -0.1) is 11.3 Å². The van der Waals surface area contributed by atoms with E-state index in [0.717, 1.165) is 31.5 Å². The number of aryl methyl sites for hydroxylation is 4. The van der Waals surface area contributed by atoms with Gasteiger partial charge in [0, 0.05) is 29.6 Å². The third kappa shape index (κ3) is 3.28. The van der Waals surface area contributed by atoms with Crippen molar-refractivity contribution < 1.29 is 9.59 Å². The Labute approximate surface area is 191 Å². The molecule has 0 radical (unpaired) electrons. The van der Waals surface area contributed by atoms with Crippen LogP contribution in [0.3, 0.4) is 0 Å². The summed E-state index contributed by atoms with van der Waals surface area (Å²) in [7, 11) is 2.00. The van der Waals surface area contributed by atoms with Gasteiger partial charge in [0.15, 0.2) is 0 Å². The maximum absolute atomic E-state index is 12.9. The lowest BCUT2D eigenvalue weighted by Gasteiger charge is -2.26. The summed E-state index contributed by atoms with van der Waals surface area (Å²) in [5.74, 6) is 0.0203. The van der Waals surface area contributed by atoms with Crippen molar-refractivity contribution >= 4 is 39.6 Å². The average molecular weight is 445 g/mol. The Bertz CT molecular complexity index is 1390. The van der Waals surface area contributed by atoms with E-state index in [-0.39, 0.29) is 18.0 Å². The van der Waals surface area contributed by atoms with Crippen LogP contribution in [0.1, 0.15) is 35.4 Å². The number of rotatable bonds is 3. The van der Waals surface area contributed by atoms with Crippen LogP contribution < -0.4 is 0 Å². The van der Waals surface area contributed by atoms with Gasteiger partial charge < -0.3 is 4.57 Å². The molecule has 0 saturated heterocycles. The van der Waals surface area contributed by atoms with Gasteiger partial charge in [-0.25, -0.2) is 4.98 Å². The minimum atomic E-state index is -0.527. The van der Waals surface area contributed by atoms with Crippen molar-refractivity contribution in [1.82, 2.24) is 14.5 Å². The number of aromatic nitrogens is 2. The van der Waals surface area contributed by atoms with Crippen LogP contribution in [0.4, 0.5) is 0 Å². The van der Waals surface area contributed by atoms with Crippen molar-refractivity contribution in [2.75, 3.05) is 6.54 Å². The van der Waals surface area contributed by atoms with Crippen LogP contribution in [0, 0.1) is 32.1 Å². The molecule has 3 heterocycles. The van der Waals surface area contributed by atoms with Gasteiger partial charge in [-0.05, 0) is 63.5 Å². The molecule has 3 aromatic rings. The smallest absolute Gasteiger partial charge is 0.271 e. The Hall–Kier alpha value is -3.50. The van der Waals surface area contributed by atoms with Gasteiger partial charge in [-0.3, -0.25) is 14.5 Å². The number of hydrogen-bond acceptors (Lipinski definition) is 5. The molecule has 4 rings (SSSR count). The van der Waals surface area contributed by atoms with Crippen LogP contribution >= 0.6 is 11.3 Å². The minimum absolute atomic E-state index is 0.0181. The Morgan fingerprint density at radius 2 is 1.75 bits per heavy atom. The summed E-state index contributed by atoms with van der Waals surface area (Å²) in [5, 5.41) is 9.43. The first kappa shape index (κ1) is 21.7. The van der Waals surface area contributed by atoms with Crippen molar-refractivity contribution in [1.29, 1.82) is 5.26 Å². The SMILES string of the molecule is CCN1C(=O)C(C#N)=C(C)/C(=C/c2cc3c(nc(-c4c(C)cc(C)cc4C)n3C)s2)C1=O. The van der Waals surface area contributed by atoms with Gasteiger partial charge in [0.25, 0.3) is 11.8 Å². The normalized spacial score (nSPS) is 15.9. The van der Waals surface area contributed by atoms with Crippen LogP contribution in [0.5, 0.6) is 0 Å². The van der Waals surface area contributed by atoms with Crippen LogP contribution in [0.25, 0.3) is 27.8 Å². The van der Waals surface area contributed by atoms with Crippen molar-refractivity contribution in [3.05, 3.63) is 56.5 Å². The zero-order valence-corrected chi connectivity index (χ0v) is 19.8. The summed E-state index contributed by atoms with van der Waals surface area (Å²) in [6.45, 7) is 9.90. The van der Waals surface area contributed by atoms with Gasteiger partial charge in [-0.2, -0.15) is 5.26 Å². The molecule has 32 heavy (non-hydrogen) atoms. The topological polar surface area (TPSA) is 79.0 Å². The van der Waals surface area contributed by atoms with Crippen molar-refractivity contribution in [3.63, 3.8) is 0 Å². The standard InChI is InChI=1S/C25H24N4O2S/c1-7-29-24(30)18(16(5)19(12-26)25(29)31)10-17-11-20-23(32-17)27-22(28(20)6)21-14(3)8-13(2)9-15(21)4/h8-11H,7H2,1-6H3/b18-10-. The minimum Gasteiger partial charge on any atom is -0.326 e. The number of carbonyl (C=O) groups is 2. The number of thiophene rings is 1. The Morgan fingerprint density at radius 1 is 1.09 bits per heavy atom. The van der Waals surface area contributed by atoms with E-state index in [1.807, 2.05) is 19.2 Å². The fourth-order valence-corrected chi connectivity index (χ4v) is 5.39. The summed E-state index contributed by atoms with van der Waals surface area (Å²) in [6, 6.07) is 8.29. The van der Waals surface area contributed by atoms with E-state index in [1.54, 1.807) is 19.9 Å². The molecule has 0 bridgehead atoms. The predicted octanol–water partition coefficient (Wildman–Crippen LogP) is 4.84. The maximum atomic E-state index is 12.9. The summed E-state index contributed by atoms with van der Waals surface area (Å²) in [6.07, 6.45) is 1.76. The van der Waals surface area contributed by atoms with E-state index in [2.05, 4.69) is 37.5 Å². The molecule has 0 atom stereocenters. The number of amides is 2. The van der Waals surface area contributed by atoms with Crippen LogP contribution in [-0.2, 0) is 16.6 Å². The highest BCUT2D eigenvalue weighted by molar-refractivity contribution is 7.19. The van der Waals surface area contributed by atoms with Gasteiger partial charge in [-0.1, -0.05) is 17.7 Å². The van der Waals surface area contributed by atoms with E-state index in [9.17, 15) is 14.9 Å².